The van der Waals surface area contributed by atoms with Crippen molar-refractivity contribution in [3.63, 3.8) is 0 Å². The fourth-order valence-electron chi connectivity index (χ4n) is 3.37. The molecule has 0 spiro atoms. The molecule has 0 saturated carbocycles. The molecule has 0 amide bonds. The van der Waals surface area contributed by atoms with Gasteiger partial charge in [-0.2, -0.15) is 5.10 Å². The van der Waals surface area contributed by atoms with Crippen LogP contribution in [0.25, 0.3) is 0 Å². The average Bonchev–Trinajstić information content (AvgIpc) is 2.81. The van der Waals surface area contributed by atoms with E-state index in [9.17, 15) is 0 Å². The van der Waals surface area contributed by atoms with Crippen LogP contribution < -0.4 is 0 Å². The third-order valence-corrected chi connectivity index (χ3v) is 6.51. The van der Waals surface area contributed by atoms with Crippen molar-refractivity contribution in [2.45, 2.75) is 99.0 Å². The van der Waals surface area contributed by atoms with E-state index in [-0.39, 0.29) is 16.4 Å². The van der Waals surface area contributed by atoms with Crippen molar-refractivity contribution >= 4 is 14.0 Å². The van der Waals surface area contributed by atoms with E-state index in [1.807, 2.05) is 0 Å². The summed E-state index contributed by atoms with van der Waals surface area (Å²) in [6, 6.07) is 0.399. The van der Waals surface area contributed by atoms with Gasteiger partial charge < -0.3 is 9.16 Å². The Morgan fingerprint density at radius 3 is 2.08 bits per heavy atom. The lowest BCUT2D eigenvalue weighted by Crippen LogP contribution is -2.51. The molecule has 0 N–H and O–H groups in total. The number of rotatable bonds is 7. The summed E-state index contributed by atoms with van der Waals surface area (Å²) in [5.41, 5.74) is 1.04. The summed E-state index contributed by atoms with van der Waals surface area (Å²) >= 11 is 0. The Morgan fingerprint density at radius 2 is 1.65 bits per heavy atom. The molecule has 1 aliphatic heterocycles. The minimum atomic E-state index is -1.69. The SMILES string of the molecule is COC[C@@H]1CCCN1/N=C(/CC(C)(O[Si](C)(C)C)C(C)(C)C)C(C)(C)C. The second kappa shape index (κ2) is 8.32. The summed E-state index contributed by atoms with van der Waals surface area (Å²) in [5.74, 6) is 0. The zero-order valence-corrected chi connectivity index (χ0v) is 20.3. The number of hydrogen-bond acceptors (Lipinski definition) is 4. The predicted octanol–water partition coefficient (Wildman–Crippen LogP) is 5.55. The average molecular weight is 385 g/mol. The van der Waals surface area contributed by atoms with E-state index in [0.29, 0.717) is 6.04 Å². The van der Waals surface area contributed by atoms with Crippen LogP contribution in [0.1, 0.15) is 67.7 Å². The molecule has 2 atom stereocenters. The molecule has 1 rings (SSSR count). The van der Waals surface area contributed by atoms with E-state index in [1.54, 1.807) is 7.11 Å². The monoisotopic (exact) mass is 384 g/mol. The minimum absolute atomic E-state index is 0.00945. The molecular formula is C21H44N2O2Si. The third-order valence-electron chi connectivity index (χ3n) is 5.44. The first-order valence-electron chi connectivity index (χ1n) is 10.1. The van der Waals surface area contributed by atoms with Gasteiger partial charge in [0.2, 0.25) is 0 Å². The molecule has 0 aromatic heterocycles. The number of methoxy groups -OCH3 is 1. The maximum absolute atomic E-state index is 6.77. The molecule has 1 aliphatic rings. The van der Waals surface area contributed by atoms with Crippen LogP contribution in [-0.4, -0.2) is 50.9 Å². The lowest BCUT2D eigenvalue weighted by Gasteiger charge is -2.47. The molecule has 154 valence electrons. The highest BCUT2D eigenvalue weighted by Crippen LogP contribution is 2.41. The Hall–Kier alpha value is -0.393. The predicted molar refractivity (Wildman–Crippen MR) is 115 cm³/mol. The molecular weight excluding hydrogens is 340 g/mol. The lowest BCUT2D eigenvalue weighted by atomic mass is 9.71. The highest BCUT2D eigenvalue weighted by molar-refractivity contribution is 6.69. The minimum Gasteiger partial charge on any atom is -0.412 e. The van der Waals surface area contributed by atoms with Crippen molar-refractivity contribution in [3.8, 4) is 0 Å². The smallest absolute Gasteiger partial charge is 0.184 e. The first-order valence-corrected chi connectivity index (χ1v) is 13.5. The van der Waals surface area contributed by atoms with Crippen LogP contribution in [0, 0.1) is 10.8 Å². The highest BCUT2D eigenvalue weighted by Gasteiger charge is 2.44. The largest absolute Gasteiger partial charge is 0.412 e. The van der Waals surface area contributed by atoms with Crippen LogP contribution in [0.4, 0.5) is 0 Å². The van der Waals surface area contributed by atoms with Crippen LogP contribution in [0.2, 0.25) is 19.6 Å². The zero-order chi connectivity index (χ0) is 20.4. The van der Waals surface area contributed by atoms with Crippen LogP contribution in [0.3, 0.4) is 0 Å². The van der Waals surface area contributed by atoms with Gasteiger partial charge in [-0.25, -0.2) is 0 Å². The summed E-state index contributed by atoms with van der Waals surface area (Å²) in [4.78, 5) is 0. The molecule has 1 heterocycles. The van der Waals surface area contributed by atoms with E-state index < -0.39 is 8.32 Å². The fraction of sp³-hybridized carbons (Fsp3) is 0.952. The molecule has 1 fully saturated rings. The maximum Gasteiger partial charge on any atom is 0.184 e. The van der Waals surface area contributed by atoms with Gasteiger partial charge in [0.15, 0.2) is 8.32 Å². The highest BCUT2D eigenvalue weighted by atomic mass is 28.4. The van der Waals surface area contributed by atoms with Gasteiger partial charge in [-0.1, -0.05) is 41.5 Å². The Morgan fingerprint density at radius 1 is 1.08 bits per heavy atom. The quantitative estimate of drug-likeness (QED) is 0.426. The van der Waals surface area contributed by atoms with Crippen molar-refractivity contribution < 1.29 is 9.16 Å². The van der Waals surface area contributed by atoms with Crippen molar-refractivity contribution in [3.05, 3.63) is 0 Å². The molecule has 0 aromatic rings. The van der Waals surface area contributed by atoms with Crippen LogP contribution >= 0.6 is 0 Å². The summed E-state index contributed by atoms with van der Waals surface area (Å²) in [6.07, 6.45) is 3.22. The first kappa shape index (κ1) is 23.6. The number of hydrazone groups is 1. The van der Waals surface area contributed by atoms with E-state index >= 15 is 0 Å². The molecule has 0 radical (unpaired) electrons. The summed E-state index contributed by atoms with van der Waals surface area (Å²) in [7, 11) is 0.0937. The second-order valence-electron chi connectivity index (χ2n) is 11.1. The molecule has 0 aromatic carbocycles. The van der Waals surface area contributed by atoms with Gasteiger partial charge in [-0.15, -0.1) is 0 Å². The molecule has 0 aliphatic carbocycles. The van der Waals surface area contributed by atoms with Crippen molar-refractivity contribution in [2.75, 3.05) is 20.3 Å². The van der Waals surface area contributed by atoms with Gasteiger partial charge in [0, 0.05) is 31.2 Å². The summed E-state index contributed by atoms with van der Waals surface area (Å²) in [5, 5.41) is 7.45. The van der Waals surface area contributed by atoms with Gasteiger partial charge in [-0.05, 0) is 44.8 Å². The molecule has 1 unspecified atom stereocenters. The van der Waals surface area contributed by atoms with E-state index in [0.717, 1.165) is 26.0 Å². The van der Waals surface area contributed by atoms with E-state index in [4.69, 9.17) is 14.3 Å². The standard InChI is InChI=1S/C21H44N2O2Si/c1-19(2,3)18(22-23-14-12-13-17(23)16-24-8)15-21(7,20(4,5)6)25-26(9,10)11/h17H,12-16H2,1-11H3/b22-18-/t17-,21?/m0/s1. The van der Waals surface area contributed by atoms with Gasteiger partial charge in [-0.3, -0.25) is 5.01 Å². The Balaban J connectivity index is 3.21. The van der Waals surface area contributed by atoms with E-state index in [1.165, 1.54) is 12.1 Å². The van der Waals surface area contributed by atoms with Gasteiger partial charge in [0.1, 0.15) is 0 Å². The lowest BCUT2D eigenvalue weighted by molar-refractivity contribution is -0.0189. The fourth-order valence-corrected chi connectivity index (χ4v) is 5.10. The normalized spacial score (nSPS) is 22.7. The topological polar surface area (TPSA) is 34.1 Å². The molecule has 0 bridgehead atoms. The van der Waals surface area contributed by atoms with Crippen LogP contribution in [0.15, 0.2) is 5.10 Å². The number of nitrogens with zero attached hydrogens (tertiary/aromatic N) is 2. The number of hydrogen-bond donors (Lipinski definition) is 0. The van der Waals surface area contributed by atoms with Gasteiger partial charge in [0.25, 0.3) is 0 Å². The Kier molecular flexibility index (Phi) is 7.56. The molecule has 26 heavy (non-hydrogen) atoms. The van der Waals surface area contributed by atoms with Crippen molar-refractivity contribution in [1.29, 1.82) is 0 Å². The van der Waals surface area contributed by atoms with Crippen LogP contribution in [-0.2, 0) is 9.16 Å². The molecule has 1 saturated heterocycles. The first-order chi connectivity index (χ1) is 11.6. The van der Waals surface area contributed by atoms with Crippen LogP contribution in [0.5, 0.6) is 0 Å². The van der Waals surface area contributed by atoms with Crippen molar-refractivity contribution in [1.82, 2.24) is 5.01 Å². The van der Waals surface area contributed by atoms with Crippen molar-refractivity contribution in [2.24, 2.45) is 15.9 Å². The van der Waals surface area contributed by atoms with Gasteiger partial charge >= 0.3 is 0 Å². The molecule has 5 heteroatoms. The van der Waals surface area contributed by atoms with E-state index in [2.05, 4.69) is 73.1 Å². The Bertz CT molecular complexity index is 486. The third kappa shape index (κ3) is 6.65. The zero-order valence-electron chi connectivity index (χ0n) is 19.3. The second-order valence-corrected chi connectivity index (χ2v) is 15.5. The summed E-state index contributed by atoms with van der Waals surface area (Å²) in [6.45, 7) is 24.6. The summed E-state index contributed by atoms with van der Waals surface area (Å²) < 4.78 is 12.2. The van der Waals surface area contributed by atoms with Gasteiger partial charge in [0.05, 0.1) is 18.2 Å². The number of ether oxygens (including phenoxy) is 1. The Labute approximate surface area is 163 Å². The maximum atomic E-state index is 6.77. The molecule has 4 nitrogen and oxygen atoms in total.